The zero-order valence-electron chi connectivity index (χ0n) is 7.43. The summed E-state index contributed by atoms with van der Waals surface area (Å²) in [5.74, 6) is -1.26. The van der Waals surface area contributed by atoms with Crippen LogP contribution < -0.4 is 5.73 Å². The molecule has 0 aliphatic carbocycles. The highest BCUT2D eigenvalue weighted by atomic mass is 79.9. The van der Waals surface area contributed by atoms with Crippen LogP contribution in [0.1, 0.15) is 18.0 Å². The Balaban J connectivity index is 3.17. The fourth-order valence-corrected chi connectivity index (χ4v) is 1.53. The molecule has 0 fully saturated rings. The van der Waals surface area contributed by atoms with Crippen LogP contribution in [0.15, 0.2) is 29.3 Å². The Kier molecular flexibility index (Phi) is 3.77. The fraction of sp³-hybridized carbons (Fsp3) is 0.200. The van der Waals surface area contributed by atoms with Crippen molar-refractivity contribution in [3.05, 3.63) is 46.5 Å². The second-order valence-corrected chi connectivity index (χ2v) is 3.74. The van der Waals surface area contributed by atoms with Crippen molar-refractivity contribution in [2.75, 3.05) is 0 Å². The van der Waals surface area contributed by atoms with Crippen LogP contribution in [0.25, 0.3) is 0 Å². The lowest BCUT2D eigenvalue weighted by molar-refractivity contribution is 0.523. The van der Waals surface area contributed by atoms with Crippen LogP contribution in [0, 0.1) is 11.6 Å². The molecule has 0 spiro atoms. The second kappa shape index (κ2) is 4.66. The third-order valence-corrected chi connectivity index (χ3v) is 2.48. The lowest BCUT2D eigenvalue weighted by Crippen LogP contribution is -2.13. The van der Waals surface area contributed by atoms with Gasteiger partial charge in [-0.2, -0.15) is 0 Å². The van der Waals surface area contributed by atoms with Crippen molar-refractivity contribution in [1.82, 2.24) is 0 Å². The van der Waals surface area contributed by atoms with Crippen LogP contribution in [0.4, 0.5) is 8.78 Å². The van der Waals surface area contributed by atoms with Gasteiger partial charge in [0.15, 0.2) is 0 Å². The maximum absolute atomic E-state index is 13.4. The Morgan fingerprint density at radius 1 is 1.50 bits per heavy atom. The van der Waals surface area contributed by atoms with Gasteiger partial charge in [-0.05, 0) is 34.5 Å². The maximum atomic E-state index is 13.4. The molecule has 0 saturated heterocycles. The molecular weight excluding hydrogens is 252 g/mol. The first-order chi connectivity index (χ1) is 6.57. The Morgan fingerprint density at radius 2 is 2.14 bits per heavy atom. The van der Waals surface area contributed by atoms with E-state index in [0.717, 1.165) is 0 Å². The van der Waals surface area contributed by atoms with Crippen LogP contribution in [0.3, 0.4) is 0 Å². The van der Waals surface area contributed by atoms with E-state index in [4.69, 9.17) is 5.73 Å². The standard InChI is InChI=1S/C10H10BrF2N/c1-2-3-8(14)9-7(12)5-4-6(11)10(9)13/h2,4-5,8H,1,3,14H2/t8-/m0/s1. The summed E-state index contributed by atoms with van der Waals surface area (Å²) in [7, 11) is 0. The highest BCUT2D eigenvalue weighted by Crippen LogP contribution is 2.27. The molecule has 0 saturated carbocycles. The molecule has 1 atom stereocenters. The smallest absolute Gasteiger partial charge is 0.145 e. The van der Waals surface area contributed by atoms with E-state index in [-0.39, 0.29) is 10.0 Å². The summed E-state index contributed by atoms with van der Waals surface area (Å²) in [5.41, 5.74) is 5.51. The predicted octanol–water partition coefficient (Wildman–Crippen LogP) is 3.30. The van der Waals surface area contributed by atoms with Crippen molar-refractivity contribution in [2.45, 2.75) is 12.5 Å². The number of halogens is 3. The van der Waals surface area contributed by atoms with E-state index >= 15 is 0 Å². The summed E-state index contributed by atoms with van der Waals surface area (Å²) >= 11 is 2.98. The number of hydrogen-bond donors (Lipinski definition) is 1. The molecule has 0 bridgehead atoms. The molecule has 14 heavy (non-hydrogen) atoms. The number of rotatable bonds is 3. The lowest BCUT2D eigenvalue weighted by atomic mass is 10.0. The molecule has 0 unspecified atom stereocenters. The molecule has 4 heteroatoms. The van der Waals surface area contributed by atoms with E-state index in [1.807, 2.05) is 0 Å². The molecule has 1 aromatic rings. The van der Waals surface area contributed by atoms with Crippen molar-refractivity contribution in [3.8, 4) is 0 Å². The summed E-state index contributed by atoms with van der Waals surface area (Å²) in [6, 6.07) is 1.81. The number of benzene rings is 1. The zero-order valence-corrected chi connectivity index (χ0v) is 9.02. The van der Waals surface area contributed by atoms with Gasteiger partial charge in [-0.3, -0.25) is 0 Å². The van der Waals surface area contributed by atoms with Crippen molar-refractivity contribution in [3.63, 3.8) is 0 Å². The second-order valence-electron chi connectivity index (χ2n) is 2.89. The third-order valence-electron chi connectivity index (χ3n) is 1.87. The molecule has 1 aromatic carbocycles. The van der Waals surface area contributed by atoms with Gasteiger partial charge in [-0.25, -0.2) is 8.78 Å². The molecule has 0 radical (unpaired) electrons. The lowest BCUT2D eigenvalue weighted by Gasteiger charge is -2.12. The molecule has 0 aliphatic heterocycles. The van der Waals surface area contributed by atoms with Gasteiger partial charge in [-0.15, -0.1) is 6.58 Å². The fourth-order valence-electron chi connectivity index (χ4n) is 1.18. The van der Waals surface area contributed by atoms with Crippen LogP contribution in [0.5, 0.6) is 0 Å². The van der Waals surface area contributed by atoms with Gasteiger partial charge in [-0.1, -0.05) is 6.08 Å². The molecule has 2 N–H and O–H groups in total. The predicted molar refractivity (Wildman–Crippen MR) is 55.8 cm³/mol. The topological polar surface area (TPSA) is 26.0 Å². The van der Waals surface area contributed by atoms with Gasteiger partial charge in [0, 0.05) is 11.6 Å². The van der Waals surface area contributed by atoms with Gasteiger partial charge in [0.2, 0.25) is 0 Å². The monoisotopic (exact) mass is 261 g/mol. The molecule has 0 heterocycles. The third kappa shape index (κ3) is 2.19. The van der Waals surface area contributed by atoms with E-state index in [0.29, 0.717) is 6.42 Å². The minimum atomic E-state index is -0.690. The number of nitrogens with two attached hydrogens (primary N) is 1. The average molecular weight is 262 g/mol. The normalized spacial score (nSPS) is 12.6. The maximum Gasteiger partial charge on any atom is 0.145 e. The Hall–Kier alpha value is -0.740. The summed E-state index contributed by atoms with van der Waals surface area (Å²) in [4.78, 5) is 0. The average Bonchev–Trinajstić information content (AvgIpc) is 2.13. The first kappa shape index (κ1) is 11.3. The van der Waals surface area contributed by atoms with Crippen LogP contribution >= 0.6 is 15.9 Å². The molecule has 1 nitrogen and oxygen atoms in total. The minimum absolute atomic E-state index is 0.0979. The summed E-state index contributed by atoms with van der Waals surface area (Å²) in [6.45, 7) is 3.47. The van der Waals surface area contributed by atoms with Crippen molar-refractivity contribution in [2.24, 2.45) is 5.73 Å². The molecule has 0 amide bonds. The number of hydrogen-bond acceptors (Lipinski definition) is 1. The first-order valence-electron chi connectivity index (χ1n) is 4.07. The van der Waals surface area contributed by atoms with E-state index < -0.39 is 17.7 Å². The van der Waals surface area contributed by atoms with Gasteiger partial charge in [0.1, 0.15) is 11.6 Å². The molecule has 0 aliphatic rings. The van der Waals surface area contributed by atoms with E-state index in [2.05, 4.69) is 22.5 Å². The SMILES string of the molecule is C=CC[C@H](N)c1c(F)ccc(Br)c1F. The van der Waals surface area contributed by atoms with Crippen molar-refractivity contribution >= 4 is 15.9 Å². The highest BCUT2D eigenvalue weighted by molar-refractivity contribution is 9.10. The van der Waals surface area contributed by atoms with E-state index in [1.165, 1.54) is 18.2 Å². The molecule has 1 rings (SSSR count). The Labute approximate surface area is 89.7 Å². The summed E-state index contributed by atoms with van der Waals surface area (Å²) in [5, 5.41) is 0. The van der Waals surface area contributed by atoms with Gasteiger partial charge in [0.05, 0.1) is 4.47 Å². The van der Waals surface area contributed by atoms with Gasteiger partial charge in [0.25, 0.3) is 0 Å². The minimum Gasteiger partial charge on any atom is -0.324 e. The zero-order chi connectivity index (χ0) is 10.7. The summed E-state index contributed by atoms with van der Waals surface area (Å²) in [6.07, 6.45) is 1.87. The van der Waals surface area contributed by atoms with Crippen LogP contribution in [-0.4, -0.2) is 0 Å². The van der Waals surface area contributed by atoms with E-state index in [9.17, 15) is 8.78 Å². The Morgan fingerprint density at radius 3 is 2.71 bits per heavy atom. The Bertz CT molecular complexity index is 352. The quantitative estimate of drug-likeness (QED) is 0.656. The van der Waals surface area contributed by atoms with Crippen molar-refractivity contribution in [1.29, 1.82) is 0 Å². The van der Waals surface area contributed by atoms with Gasteiger partial charge >= 0.3 is 0 Å². The van der Waals surface area contributed by atoms with Crippen molar-refractivity contribution < 1.29 is 8.78 Å². The molecule has 0 aromatic heterocycles. The van der Waals surface area contributed by atoms with E-state index in [1.54, 1.807) is 0 Å². The van der Waals surface area contributed by atoms with Crippen LogP contribution in [-0.2, 0) is 0 Å². The van der Waals surface area contributed by atoms with Crippen LogP contribution in [0.2, 0.25) is 0 Å². The largest absolute Gasteiger partial charge is 0.324 e. The summed E-state index contributed by atoms with van der Waals surface area (Å²) < 4.78 is 26.9. The van der Waals surface area contributed by atoms with Gasteiger partial charge < -0.3 is 5.73 Å². The first-order valence-corrected chi connectivity index (χ1v) is 4.87. The molecule has 76 valence electrons. The molecular formula is C10H10BrF2N. The highest BCUT2D eigenvalue weighted by Gasteiger charge is 2.17.